The Morgan fingerprint density at radius 3 is 2.33 bits per heavy atom. The minimum absolute atomic E-state index is 0.155. The second-order valence-electron chi connectivity index (χ2n) is 3.86. The average Bonchev–Trinajstić information content (AvgIpc) is 2.17. The molecule has 4 nitrogen and oxygen atoms in total. The van der Waals surface area contributed by atoms with Gasteiger partial charge >= 0.3 is 0 Å². The molecule has 1 aromatic heterocycles. The third-order valence-electron chi connectivity index (χ3n) is 2.31. The molecule has 1 aliphatic rings. The fraction of sp³-hybridized carbons (Fsp3) is 0.600. The van der Waals surface area contributed by atoms with Gasteiger partial charge in [-0.2, -0.15) is 0 Å². The fourth-order valence-corrected chi connectivity index (χ4v) is 1.81. The van der Waals surface area contributed by atoms with Gasteiger partial charge in [0.25, 0.3) is 0 Å². The van der Waals surface area contributed by atoms with Crippen LogP contribution in [0.1, 0.15) is 13.8 Å². The highest BCUT2D eigenvalue weighted by atomic mass is 19.1. The average molecular weight is 211 g/mol. The second kappa shape index (κ2) is 4.10. The first-order valence-electron chi connectivity index (χ1n) is 5.03. The Kier molecular flexibility index (Phi) is 2.81. The predicted molar refractivity (Wildman–Crippen MR) is 54.2 cm³/mol. The summed E-state index contributed by atoms with van der Waals surface area (Å²) < 4.78 is 18.2. The Balaban J connectivity index is 2.12. The van der Waals surface area contributed by atoms with E-state index in [2.05, 4.69) is 9.97 Å². The molecule has 1 fully saturated rings. The molecule has 15 heavy (non-hydrogen) atoms. The van der Waals surface area contributed by atoms with Crippen LogP contribution in [0.3, 0.4) is 0 Å². The zero-order valence-electron chi connectivity index (χ0n) is 8.85. The van der Waals surface area contributed by atoms with Gasteiger partial charge in [0.15, 0.2) is 5.82 Å². The van der Waals surface area contributed by atoms with Crippen LogP contribution < -0.4 is 4.90 Å². The highest BCUT2D eigenvalue weighted by molar-refractivity contribution is 5.29. The zero-order chi connectivity index (χ0) is 10.8. The summed E-state index contributed by atoms with van der Waals surface area (Å²) in [7, 11) is 0. The summed E-state index contributed by atoms with van der Waals surface area (Å²) in [4.78, 5) is 9.92. The van der Waals surface area contributed by atoms with E-state index in [0.29, 0.717) is 5.95 Å². The molecule has 0 N–H and O–H groups in total. The van der Waals surface area contributed by atoms with Gasteiger partial charge in [-0.15, -0.1) is 0 Å². The van der Waals surface area contributed by atoms with Crippen LogP contribution in [0.4, 0.5) is 10.3 Å². The molecule has 1 aromatic rings. The fourth-order valence-electron chi connectivity index (χ4n) is 1.81. The number of rotatable bonds is 1. The highest BCUT2D eigenvalue weighted by Gasteiger charge is 2.23. The number of ether oxygens (including phenoxy) is 1. The van der Waals surface area contributed by atoms with Crippen LogP contribution in [0, 0.1) is 5.82 Å². The third-order valence-corrected chi connectivity index (χ3v) is 2.31. The van der Waals surface area contributed by atoms with Gasteiger partial charge in [0, 0.05) is 13.1 Å². The smallest absolute Gasteiger partial charge is 0.225 e. The van der Waals surface area contributed by atoms with Crippen LogP contribution in [-0.2, 0) is 4.74 Å². The van der Waals surface area contributed by atoms with Gasteiger partial charge in [-0.25, -0.2) is 14.4 Å². The van der Waals surface area contributed by atoms with E-state index in [1.54, 1.807) is 0 Å². The number of hydrogen-bond acceptors (Lipinski definition) is 4. The van der Waals surface area contributed by atoms with Crippen molar-refractivity contribution in [2.45, 2.75) is 26.1 Å². The van der Waals surface area contributed by atoms with Crippen molar-refractivity contribution in [2.24, 2.45) is 0 Å². The molecule has 0 aliphatic carbocycles. The van der Waals surface area contributed by atoms with Crippen molar-refractivity contribution in [1.29, 1.82) is 0 Å². The first-order chi connectivity index (χ1) is 7.15. The summed E-state index contributed by atoms with van der Waals surface area (Å²) in [6, 6.07) is 0. The highest BCUT2D eigenvalue weighted by Crippen LogP contribution is 2.15. The van der Waals surface area contributed by atoms with E-state index in [9.17, 15) is 4.39 Å². The Morgan fingerprint density at radius 2 is 1.80 bits per heavy atom. The Hall–Kier alpha value is -1.23. The Morgan fingerprint density at radius 1 is 1.27 bits per heavy atom. The van der Waals surface area contributed by atoms with Gasteiger partial charge in [0.1, 0.15) is 0 Å². The molecule has 0 spiro atoms. The molecule has 1 saturated heterocycles. The van der Waals surface area contributed by atoms with Crippen molar-refractivity contribution >= 4 is 5.95 Å². The Bertz CT molecular complexity index is 320. The first kappa shape index (κ1) is 10.3. The number of halogens is 1. The molecule has 5 heteroatoms. The van der Waals surface area contributed by atoms with Crippen molar-refractivity contribution in [2.75, 3.05) is 18.0 Å². The molecule has 0 bridgehead atoms. The van der Waals surface area contributed by atoms with E-state index >= 15 is 0 Å². The number of aromatic nitrogens is 2. The maximum atomic E-state index is 12.6. The first-order valence-corrected chi connectivity index (χ1v) is 5.03. The van der Waals surface area contributed by atoms with Crippen molar-refractivity contribution in [3.05, 3.63) is 18.2 Å². The van der Waals surface area contributed by atoms with Gasteiger partial charge in [0.2, 0.25) is 5.95 Å². The standard InChI is InChI=1S/C10H14FN3O/c1-7-5-14(6-8(2)15-7)10-12-3-9(11)4-13-10/h3-4,7-8H,5-6H2,1-2H3/t7-,8-/m1/s1. The van der Waals surface area contributed by atoms with Gasteiger partial charge in [0.05, 0.1) is 24.6 Å². The third kappa shape index (κ3) is 2.41. The van der Waals surface area contributed by atoms with Crippen LogP contribution in [0.25, 0.3) is 0 Å². The van der Waals surface area contributed by atoms with Crippen LogP contribution >= 0.6 is 0 Å². The van der Waals surface area contributed by atoms with Crippen LogP contribution in [0.15, 0.2) is 12.4 Å². The molecule has 2 rings (SSSR count). The molecule has 0 amide bonds. The van der Waals surface area contributed by atoms with E-state index < -0.39 is 5.82 Å². The molecule has 2 heterocycles. The molecule has 0 saturated carbocycles. The topological polar surface area (TPSA) is 38.2 Å². The lowest BCUT2D eigenvalue weighted by Crippen LogP contribution is -2.46. The molecule has 0 aromatic carbocycles. The summed E-state index contributed by atoms with van der Waals surface area (Å²) in [5.41, 5.74) is 0. The molecular formula is C10H14FN3O. The summed E-state index contributed by atoms with van der Waals surface area (Å²) in [5, 5.41) is 0. The lowest BCUT2D eigenvalue weighted by molar-refractivity contribution is -0.00572. The number of morpholine rings is 1. The summed E-state index contributed by atoms with van der Waals surface area (Å²) in [6.45, 7) is 5.50. The van der Waals surface area contributed by atoms with Crippen molar-refractivity contribution in [1.82, 2.24) is 9.97 Å². The summed E-state index contributed by atoms with van der Waals surface area (Å²) >= 11 is 0. The van der Waals surface area contributed by atoms with Crippen molar-refractivity contribution in [3.63, 3.8) is 0 Å². The maximum Gasteiger partial charge on any atom is 0.225 e. The summed E-state index contributed by atoms with van der Waals surface area (Å²) in [5.74, 6) is 0.159. The molecule has 1 aliphatic heterocycles. The lowest BCUT2D eigenvalue weighted by atomic mass is 10.2. The van der Waals surface area contributed by atoms with Gasteiger partial charge < -0.3 is 9.64 Å². The van der Waals surface area contributed by atoms with E-state index in [1.165, 1.54) is 12.4 Å². The van der Waals surface area contributed by atoms with Crippen molar-refractivity contribution in [3.8, 4) is 0 Å². The largest absolute Gasteiger partial charge is 0.372 e. The predicted octanol–water partition coefficient (Wildman–Crippen LogP) is 1.23. The van der Waals surface area contributed by atoms with Gasteiger partial charge in [-0.05, 0) is 13.8 Å². The van der Waals surface area contributed by atoms with Gasteiger partial charge in [-0.1, -0.05) is 0 Å². The second-order valence-corrected chi connectivity index (χ2v) is 3.86. The normalized spacial score (nSPS) is 26.7. The SMILES string of the molecule is C[C@@H]1CN(c2ncc(F)cn2)C[C@@H](C)O1. The van der Waals surface area contributed by atoms with Crippen LogP contribution in [0.2, 0.25) is 0 Å². The van der Waals surface area contributed by atoms with Gasteiger partial charge in [-0.3, -0.25) is 0 Å². The number of nitrogens with zero attached hydrogens (tertiary/aromatic N) is 3. The van der Waals surface area contributed by atoms with E-state index in [4.69, 9.17) is 4.74 Å². The quantitative estimate of drug-likeness (QED) is 0.700. The molecule has 82 valence electrons. The zero-order valence-corrected chi connectivity index (χ0v) is 8.85. The van der Waals surface area contributed by atoms with E-state index in [1.807, 2.05) is 18.7 Å². The minimum Gasteiger partial charge on any atom is -0.372 e. The van der Waals surface area contributed by atoms with E-state index in [0.717, 1.165) is 13.1 Å². The molecular weight excluding hydrogens is 197 g/mol. The maximum absolute atomic E-state index is 12.6. The number of hydrogen-bond donors (Lipinski definition) is 0. The van der Waals surface area contributed by atoms with Crippen LogP contribution in [-0.4, -0.2) is 35.3 Å². The number of anilines is 1. The molecule has 0 unspecified atom stereocenters. The van der Waals surface area contributed by atoms with Crippen molar-refractivity contribution < 1.29 is 9.13 Å². The van der Waals surface area contributed by atoms with E-state index in [-0.39, 0.29) is 12.2 Å². The molecule has 0 radical (unpaired) electrons. The summed E-state index contributed by atoms with van der Waals surface area (Å²) in [6.07, 6.45) is 2.69. The monoisotopic (exact) mass is 211 g/mol. The van der Waals surface area contributed by atoms with Crippen LogP contribution in [0.5, 0.6) is 0 Å². The Labute approximate surface area is 88.1 Å². The lowest BCUT2D eigenvalue weighted by Gasteiger charge is -2.35. The minimum atomic E-state index is -0.409. The molecule has 2 atom stereocenters.